The number of benzene rings is 1. The smallest absolute Gasteiger partial charge is 0.338 e. The third kappa shape index (κ3) is 5.33. The number of esters is 2. The van der Waals surface area contributed by atoms with Crippen molar-refractivity contribution in [2.45, 2.75) is 20.0 Å². The molecule has 106 valence electrons. The lowest BCUT2D eigenvalue weighted by molar-refractivity contribution is -0.142. The Labute approximate surface area is 123 Å². The molecule has 0 spiro atoms. The van der Waals surface area contributed by atoms with Crippen LogP contribution in [0.5, 0.6) is 0 Å². The fourth-order valence-electron chi connectivity index (χ4n) is 1.35. The van der Waals surface area contributed by atoms with Crippen LogP contribution in [0.3, 0.4) is 0 Å². The van der Waals surface area contributed by atoms with Crippen molar-refractivity contribution in [2.24, 2.45) is 0 Å². The minimum Gasteiger partial charge on any atom is -0.462 e. The molecule has 4 nitrogen and oxygen atoms in total. The summed E-state index contributed by atoms with van der Waals surface area (Å²) < 4.78 is 9.77. The quantitative estimate of drug-likeness (QED) is 0.486. The van der Waals surface area contributed by atoms with Crippen molar-refractivity contribution in [3.05, 3.63) is 35.4 Å². The van der Waals surface area contributed by atoms with Gasteiger partial charge in [0.1, 0.15) is 5.88 Å². The molecule has 0 heterocycles. The summed E-state index contributed by atoms with van der Waals surface area (Å²) in [5.74, 6) is 4.55. The van der Waals surface area contributed by atoms with Crippen LogP contribution in [0.4, 0.5) is 0 Å². The molecular weight excluding hydrogens is 280 g/mol. The SMILES string of the molecule is CCOC(=O)c1ccc(C#CC(C)OC(=O)CCl)cc1. The zero-order chi connectivity index (χ0) is 15.0. The fraction of sp³-hybridized carbons (Fsp3) is 0.333. The number of carbonyl (C=O) groups is 2. The molecule has 5 heteroatoms. The molecule has 0 aliphatic heterocycles. The second-order valence-corrected chi connectivity index (χ2v) is 4.10. The molecule has 0 radical (unpaired) electrons. The van der Waals surface area contributed by atoms with Crippen LogP contribution in [0.25, 0.3) is 0 Å². The average Bonchev–Trinajstić information content (AvgIpc) is 2.45. The standard InChI is InChI=1S/C15H15ClO4/c1-3-19-15(18)13-8-6-12(7-9-13)5-4-11(2)20-14(17)10-16/h6-9,11H,3,10H2,1-2H3. The van der Waals surface area contributed by atoms with Crippen molar-refractivity contribution in [3.8, 4) is 11.8 Å². The molecule has 0 amide bonds. The lowest BCUT2D eigenvalue weighted by Gasteiger charge is -2.04. The van der Waals surface area contributed by atoms with Crippen LogP contribution in [-0.2, 0) is 14.3 Å². The van der Waals surface area contributed by atoms with Gasteiger partial charge in [-0.2, -0.15) is 0 Å². The van der Waals surface area contributed by atoms with Crippen molar-refractivity contribution in [1.82, 2.24) is 0 Å². The first kappa shape index (κ1) is 16.1. The molecule has 0 saturated carbocycles. The van der Waals surface area contributed by atoms with E-state index < -0.39 is 12.1 Å². The molecule has 0 N–H and O–H groups in total. The third-order valence-corrected chi connectivity index (χ3v) is 2.45. The molecule has 1 aromatic carbocycles. The Bertz CT molecular complexity index is 525. The summed E-state index contributed by atoms with van der Waals surface area (Å²) in [6.07, 6.45) is -0.536. The van der Waals surface area contributed by atoms with Crippen LogP contribution in [0.15, 0.2) is 24.3 Å². The first-order valence-corrected chi connectivity index (χ1v) is 6.64. The lowest BCUT2D eigenvalue weighted by Crippen LogP contribution is -2.13. The van der Waals surface area contributed by atoms with E-state index in [1.807, 2.05) is 0 Å². The van der Waals surface area contributed by atoms with Crippen molar-refractivity contribution < 1.29 is 19.1 Å². The summed E-state index contributed by atoms with van der Waals surface area (Å²) in [7, 11) is 0. The van der Waals surface area contributed by atoms with E-state index in [1.54, 1.807) is 38.1 Å². The van der Waals surface area contributed by atoms with Gasteiger partial charge in [0.2, 0.25) is 0 Å². The van der Waals surface area contributed by atoms with E-state index in [4.69, 9.17) is 21.1 Å². The molecule has 0 saturated heterocycles. The summed E-state index contributed by atoms with van der Waals surface area (Å²) in [5.41, 5.74) is 1.19. The zero-order valence-corrected chi connectivity index (χ0v) is 12.1. The maximum Gasteiger partial charge on any atom is 0.338 e. The molecule has 0 bridgehead atoms. The molecule has 1 rings (SSSR count). The second kappa shape index (κ2) is 8.23. The topological polar surface area (TPSA) is 52.6 Å². The third-order valence-electron chi connectivity index (χ3n) is 2.23. The van der Waals surface area contributed by atoms with Crippen LogP contribution >= 0.6 is 11.6 Å². The van der Waals surface area contributed by atoms with Crippen LogP contribution in [0, 0.1) is 11.8 Å². The van der Waals surface area contributed by atoms with E-state index in [9.17, 15) is 9.59 Å². The number of ether oxygens (including phenoxy) is 2. The molecule has 0 aliphatic carbocycles. The predicted octanol–water partition coefficient (Wildman–Crippen LogP) is 2.39. The molecule has 0 aliphatic rings. The monoisotopic (exact) mass is 294 g/mol. The Morgan fingerprint density at radius 2 is 1.95 bits per heavy atom. The maximum absolute atomic E-state index is 11.4. The van der Waals surface area contributed by atoms with E-state index >= 15 is 0 Å². The highest BCUT2D eigenvalue weighted by Crippen LogP contribution is 2.05. The second-order valence-electron chi connectivity index (χ2n) is 3.83. The Hall–Kier alpha value is -1.99. The minimum absolute atomic E-state index is 0.194. The Balaban J connectivity index is 2.66. The van der Waals surface area contributed by atoms with Crippen LogP contribution < -0.4 is 0 Å². The molecule has 1 aromatic rings. The van der Waals surface area contributed by atoms with Crippen molar-refractivity contribution >= 4 is 23.5 Å². The van der Waals surface area contributed by atoms with Gasteiger partial charge in [-0.05, 0) is 38.1 Å². The number of rotatable bonds is 4. The summed E-state index contributed by atoms with van der Waals surface area (Å²) in [6.45, 7) is 3.75. The van der Waals surface area contributed by atoms with Crippen molar-refractivity contribution in [1.29, 1.82) is 0 Å². The van der Waals surface area contributed by atoms with Gasteiger partial charge in [-0.15, -0.1) is 11.6 Å². The fourth-order valence-corrected chi connectivity index (χ4v) is 1.41. The lowest BCUT2D eigenvalue weighted by atomic mass is 10.1. The first-order chi connectivity index (χ1) is 9.56. The number of carbonyl (C=O) groups excluding carboxylic acids is 2. The van der Waals surface area contributed by atoms with Crippen LogP contribution in [0.2, 0.25) is 0 Å². The molecule has 1 atom stereocenters. The van der Waals surface area contributed by atoms with Gasteiger partial charge in [0.25, 0.3) is 0 Å². The summed E-state index contributed by atoms with van der Waals surface area (Å²) in [5, 5.41) is 0. The van der Waals surface area contributed by atoms with Crippen molar-refractivity contribution in [2.75, 3.05) is 12.5 Å². The van der Waals surface area contributed by atoms with Crippen molar-refractivity contribution in [3.63, 3.8) is 0 Å². The van der Waals surface area contributed by atoms with E-state index in [0.717, 1.165) is 0 Å². The van der Waals surface area contributed by atoms with E-state index in [1.165, 1.54) is 0 Å². The molecule has 20 heavy (non-hydrogen) atoms. The number of alkyl halides is 1. The van der Waals surface area contributed by atoms with Gasteiger partial charge in [0, 0.05) is 5.56 Å². The van der Waals surface area contributed by atoms with Gasteiger partial charge in [-0.1, -0.05) is 11.8 Å². The van der Waals surface area contributed by atoms with E-state index in [0.29, 0.717) is 17.7 Å². The summed E-state index contributed by atoms with van der Waals surface area (Å²) in [6, 6.07) is 6.68. The first-order valence-electron chi connectivity index (χ1n) is 6.11. The number of halogens is 1. The Morgan fingerprint density at radius 3 is 2.50 bits per heavy atom. The Kier molecular flexibility index (Phi) is 6.61. The van der Waals surface area contributed by atoms with Gasteiger partial charge in [-0.25, -0.2) is 4.79 Å². The van der Waals surface area contributed by atoms with E-state index in [-0.39, 0.29) is 11.8 Å². The summed E-state index contributed by atoms with van der Waals surface area (Å²) in [4.78, 5) is 22.4. The molecule has 1 unspecified atom stereocenters. The highest BCUT2D eigenvalue weighted by atomic mass is 35.5. The molecule has 0 fully saturated rings. The van der Waals surface area contributed by atoms with Gasteiger partial charge >= 0.3 is 11.9 Å². The molecular formula is C15H15ClO4. The van der Waals surface area contributed by atoms with E-state index in [2.05, 4.69) is 11.8 Å². The summed E-state index contributed by atoms with van der Waals surface area (Å²) >= 11 is 5.32. The highest BCUT2D eigenvalue weighted by molar-refractivity contribution is 6.26. The number of hydrogen-bond donors (Lipinski definition) is 0. The zero-order valence-electron chi connectivity index (χ0n) is 11.3. The normalized spacial score (nSPS) is 10.9. The van der Waals surface area contributed by atoms with Gasteiger partial charge in [-0.3, -0.25) is 4.79 Å². The average molecular weight is 295 g/mol. The van der Waals surface area contributed by atoms with Gasteiger partial charge in [0.15, 0.2) is 6.10 Å². The van der Waals surface area contributed by atoms with Crippen LogP contribution in [-0.4, -0.2) is 30.5 Å². The predicted molar refractivity (Wildman–Crippen MR) is 75.6 cm³/mol. The maximum atomic E-state index is 11.4. The largest absolute Gasteiger partial charge is 0.462 e. The number of hydrogen-bond acceptors (Lipinski definition) is 4. The highest BCUT2D eigenvalue weighted by Gasteiger charge is 2.06. The van der Waals surface area contributed by atoms with Gasteiger partial charge < -0.3 is 9.47 Å². The van der Waals surface area contributed by atoms with Gasteiger partial charge in [0.05, 0.1) is 12.2 Å². The molecule has 0 aromatic heterocycles. The Morgan fingerprint density at radius 1 is 1.30 bits per heavy atom. The van der Waals surface area contributed by atoms with Crippen LogP contribution in [0.1, 0.15) is 29.8 Å². The minimum atomic E-state index is -0.536.